The highest BCUT2D eigenvalue weighted by Gasteiger charge is 2.34. The van der Waals surface area contributed by atoms with Crippen molar-refractivity contribution in [2.45, 2.75) is 31.8 Å². The summed E-state index contributed by atoms with van der Waals surface area (Å²) in [5, 5.41) is 0. The molecule has 3 rings (SSSR count). The third kappa shape index (κ3) is 3.92. The highest BCUT2D eigenvalue weighted by Crippen LogP contribution is 2.34. The molecule has 2 heterocycles. The number of nitrogens with zero attached hydrogens (tertiary/aromatic N) is 3. The summed E-state index contributed by atoms with van der Waals surface area (Å²) in [5.74, 6) is -0.0453. The summed E-state index contributed by atoms with van der Waals surface area (Å²) in [4.78, 5) is 18.3. The first-order valence-electron chi connectivity index (χ1n) is 7.85. The van der Waals surface area contributed by atoms with Gasteiger partial charge in [0.05, 0.1) is 25.2 Å². The van der Waals surface area contributed by atoms with Crippen LogP contribution in [0.25, 0.3) is 0 Å². The number of rotatable bonds is 6. The van der Waals surface area contributed by atoms with E-state index in [9.17, 15) is 13.2 Å². The van der Waals surface area contributed by atoms with E-state index >= 15 is 0 Å². The van der Waals surface area contributed by atoms with E-state index in [0.29, 0.717) is 19.7 Å². The number of fused-ring (bicyclic) bond motifs is 1. The maximum Gasteiger partial charge on any atom is 0.238 e. The van der Waals surface area contributed by atoms with E-state index in [1.165, 1.54) is 12.8 Å². The second-order valence-corrected chi connectivity index (χ2v) is 8.81. The summed E-state index contributed by atoms with van der Waals surface area (Å²) >= 11 is 0. The van der Waals surface area contributed by atoms with Crippen molar-refractivity contribution in [1.29, 1.82) is 0 Å². The number of hydrogen-bond acceptors (Lipinski definition) is 5. The molecule has 0 saturated heterocycles. The first-order valence-corrected chi connectivity index (χ1v) is 9.91. The van der Waals surface area contributed by atoms with E-state index in [1.54, 1.807) is 12.0 Å². The van der Waals surface area contributed by atoms with Crippen LogP contribution >= 0.6 is 0 Å². The number of carbonyl (C=O) groups is 1. The molecule has 0 radical (unpaired) electrons. The summed E-state index contributed by atoms with van der Waals surface area (Å²) < 4.78 is 30.3. The smallest absolute Gasteiger partial charge is 0.238 e. The molecule has 23 heavy (non-hydrogen) atoms. The lowest BCUT2D eigenvalue weighted by atomic mass is 9.98. The van der Waals surface area contributed by atoms with Crippen LogP contribution in [0, 0.1) is 5.92 Å². The third-order valence-corrected chi connectivity index (χ3v) is 5.16. The Balaban J connectivity index is 1.81. The molecule has 1 aromatic heterocycles. The minimum Gasteiger partial charge on any atom is -0.384 e. The maximum absolute atomic E-state index is 12.2. The molecule has 1 aromatic rings. The molecule has 1 atom stereocenters. The molecule has 0 spiro atoms. The van der Waals surface area contributed by atoms with E-state index in [4.69, 9.17) is 4.74 Å². The molecule has 7 nitrogen and oxygen atoms in total. The van der Waals surface area contributed by atoms with Crippen LogP contribution in [0.15, 0.2) is 6.33 Å². The predicted octanol–water partition coefficient (Wildman–Crippen LogP) is 0.410. The van der Waals surface area contributed by atoms with E-state index in [2.05, 4.69) is 9.55 Å². The zero-order valence-electron chi connectivity index (χ0n) is 13.6. The van der Waals surface area contributed by atoms with Gasteiger partial charge in [0.1, 0.15) is 5.75 Å². The number of imidazole rings is 1. The van der Waals surface area contributed by atoms with E-state index in [1.807, 2.05) is 6.33 Å². The Kier molecular flexibility index (Phi) is 4.46. The average molecular weight is 341 g/mol. The lowest BCUT2D eigenvalue weighted by Crippen LogP contribution is -2.42. The van der Waals surface area contributed by atoms with Crippen molar-refractivity contribution >= 4 is 15.7 Å². The van der Waals surface area contributed by atoms with Crippen molar-refractivity contribution in [3.63, 3.8) is 0 Å². The van der Waals surface area contributed by atoms with Gasteiger partial charge in [0, 0.05) is 38.1 Å². The Morgan fingerprint density at radius 1 is 1.43 bits per heavy atom. The van der Waals surface area contributed by atoms with E-state index in [0.717, 1.165) is 30.1 Å². The van der Waals surface area contributed by atoms with Crippen molar-refractivity contribution < 1.29 is 17.9 Å². The topological polar surface area (TPSA) is 81.5 Å². The van der Waals surface area contributed by atoms with Crippen LogP contribution in [-0.4, -0.2) is 61.0 Å². The average Bonchev–Trinajstić information content (AvgIpc) is 3.17. The SMILES string of the molecule is COC[C@H]1CN(C(=O)CS(C)(=O)=O)Cc2ncn(CC3CC3)c21. The summed E-state index contributed by atoms with van der Waals surface area (Å²) in [5.41, 5.74) is 2.00. The van der Waals surface area contributed by atoms with Crippen LogP contribution < -0.4 is 0 Å². The standard InChI is InChI=1S/C15H23N3O4S/c1-22-8-12-6-17(14(19)9-23(2,20)21)7-13-15(12)18(10-16-13)5-11-3-4-11/h10-12H,3-9H2,1-2H3/t12-/m1/s1. The molecule has 1 saturated carbocycles. The van der Waals surface area contributed by atoms with E-state index in [-0.39, 0.29) is 11.8 Å². The largest absolute Gasteiger partial charge is 0.384 e. The number of sulfone groups is 1. The van der Waals surface area contributed by atoms with Gasteiger partial charge in [-0.15, -0.1) is 0 Å². The number of methoxy groups -OCH3 is 1. The van der Waals surface area contributed by atoms with Gasteiger partial charge in [0.25, 0.3) is 0 Å². The quantitative estimate of drug-likeness (QED) is 0.748. The zero-order chi connectivity index (χ0) is 16.6. The fourth-order valence-electron chi connectivity index (χ4n) is 3.19. The van der Waals surface area contributed by atoms with Crippen LogP contribution in [0.3, 0.4) is 0 Å². The molecule has 0 bridgehead atoms. The van der Waals surface area contributed by atoms with Gasteiger partial charge >= 0.3 is 0 Å². The van der Waals surface area contributed by atoms with Crippen LogP contribution in [0.5, 0.6) is 0 Å². The number of aromatic nitrogens is 2. The molecule has 1 amide bonds. The molecular formula is C15H23N3O4S. The first-order chi connectivity index (χ1) is 10.9. The van der Waals surface area contributed by atoms with Gasteiger partial charge in [0.2, 0.25) is 5.91 Å². The molecule has 8 heteroatoms. The number of amides is 1. The van der Waals surface area contributed by atoms with E-state index < -0.39 is 15.6 Å². The van der Waals surface area contributed by atoms with Gasteiger partial charge in [-0.05, 0) is 18.8 Å². The lowest BCUT2D eigenvalue weighted by molar-refractivity contribution is -0.130. The number of carbonyl (C=O) groups excluding carboxylic acids is 1. The fraction of sp³-hybridized carbons (Fsp3) is 0.733. The van der Waals surface area contributed by atoms with Crippen molar-refractivity contribution in [3.8, 4) is 0 Å². The summed E-state index contributed by atoms with van der Waals surface area (Å²) in [6.07, 6.45) is 5.45. The first kappa shape index (κ1) is 16.4. The second kappa shape index (κ2) is 6.24. The normalized spacial score (nSPS) is 21.3. The highest BCUT2D eigenvalue weighted by atomic mass is 32.2. The molecule has 0 aromatic carbocycles. The minimum atomic E-state index is -3.33. The van der Waals surface area contributed by atoms with Gasteiger partial charge in [-0.1, -0.05) is 0 Å². The Morgan fingerprint density at radius 2 is 2.17 bits per heavy atom. The lowest BCUT2D eigenvalue weighted by Gasteiger charge is -2.33. The van der Waals surface area contributed by atoms with Crippen LogP contribution in [0.1, 0.15) is 30.1 Å². The summed E-state index contributed by atoms with van der Waals surface area (Å²) in [6, 6.07) is 0. The molecule has 1 aliphatic carbocycles. The van der Waals surface area contributed by atoms with Crippen molar-refractivity contribution in [2.75, 3.05) is 32.3 Å². The van der Waals surface area contributed by atoms with Crippen molar-refractivity contribution in [2.24, 2.45) is 5.92 Å². The van der Waals surface area contributed by atoms with Crippen LogP contribution in [-0.2, 0) is 32.5 Å². The maximum atomic E-state index is 12.2. The fourth-order valence-corrected chi connectivity index (χ4v) is 3.82. The number of ether oxygens (including phenoxy) is 1. The number of hydrogen-bond donors (Lipinski definition) is 0. The molecule has 1 aliphatic heterocycles. The van der Waals surface area contributed by atoms with Crippen LogP contribution in [0.2, 0.25) is 0 Å². The molecule has 1 fully saturated rings. The summed E-state index contributed by atoms with van der Waals surface area (Å²) in [7, 11) is -1.69. The van der Waals surface area contributed by atoms with Crippen molar-refractivity contribution in [1.82, 2.24) is 14.5 Å². The van der Waals surface area contributed by atoms with Gasteiger partial charge in [0.15, 0.2) is 9.84 Å². The molecule has 2 aliphatic rings. The van der Waals surface area contributed by atoms with Gasteiger partial charge in [-0.25, -0.2) is 13.4 Å². The second-order valence-electron chi connectivity index (χ2n) is 6.67. The molecular weight excluding hydrogens is 318 g/mol. The van der Waals surface area contributed by atoms with Crippen molar-refractivity contribution in [3.05, 3.63) is 17.7 Å². The predicted molar refractivity (Wildman–Crippen MR) is 84.7 cm³/mol. The van der Waals surface area contributed by atoms with Gasteiger partial charge in [-0.2, -0.15) is 0 Å². The zero-order valence-corrected chi connectivity index (χ0v) is 14.4. The third-order valence-electron chi connectivity index (χ3n) is 4.38. The summed E-state index contributed by atoms with van der Waals surface area (Å²) in [6.45, 7) is 2.32. The molecule has 0 unspecified atom stereocenters. The molecule has 128 valence electrons. The minimum absolute atomic E-state index is 0.0357. The van der Waals surface area contributed by atoms with Gasteiger partial charge < -0.3 is 14.2 Å². The Morgan fingerprint density at radius 3 is 2.78 bits per heavy atom. The molecule has 0 N–H and O–H groups in total. The highest BCUT2D eigenvalue weighted by molar-refractivity contribution is 7.91. The van der Waals surface area contributed by atoms with Crippen LogP contribution in [0.4, 0.5) is 0 Å². The Bertz CT molecular complexity index is 694. The monoisotopic (exact) mass is 341 g/mol. The Hall–Kier alpha value is -1.41. The van der Waals surface area contributed by atoms with Gasteiger partial charge in [-0.3, -0.25) is 4.79 Å². The Labute approximate surface area is 136 Å².